The Kier molecular flexibility index (Phi) is 6.38. The summed E-state index contributed by atoms with van der Waals surface area (Å²) in [5.74, 6) is 0. The zero-order valence-corrected chi connectivity index (χ0v) is 24.7. The molecule has 0 saturated carbocycles. The van der Waals surface area contributed by atoms with E-state index in [-0.39, 0.29) is 0 Å². The second-order valence-electron chi connectivity index (χ2n) is 11.0. The Morgan fingerprint density at radius 1 is 0.444 bits per heavy atom. The Morgan fingerprint density at radius 3 is 1.69 bits per heavy atom. The SMILES string of the molecule is N#Cc1cncc(-c2cccc(-c3ccc4c(c3)sc3cc(-c5cccc(-c6cncc(C#N)c6)c5)c5ccccc5c34)c2)c1. The van der Waals surface area contributed by atoms with E-state index in [2.05, 4.69) is 119 Å². The topological polar surface area (TPSA) is 73.4 Å². The van der Waals surface area contributed by atoms with Gasteiger partial charge in [-0.3, -0.25) is 9.97 Å². The number of nitriles is 2. The van der Waals surface area contributed by atoms with E-state index in [4.69, 9.17) is 0 Å². The molecule has 0 saturated heterocycles. The molecule has 0 aliphatic rings. The van der Waals surface area contributed by atoms with Crippen LogP contribution in [0.5, 0.6) is 0 Å². The predicted octanol–water partition coefficient (Wildman–Crippen LogP) is 10.4. The van der Waals surface area contributed by atoms with Crippen molar-refractivity contribution < 1.29 is 0 Å². The van der Waals surface area contributed by atoms with E-state index in [1.807, 2.05) is 23.5 Å². The summed E-state index contributed by atoms with van der Waals surface area (Å²) in [7, 11) is 0. The van der Waals surface area contributed by atoms with Gasteiger partial charge < -0.3 is 0 Å². The molecule has 0 aliphatic heterocycles. The number of nitrogens with zero attached hydrogens (tertiary/aromatic N) is 4. The summed E-state index contributed by atoms with van der Waals surface area (Å²) >= 11 is 1.81. The second-order valence-corrected chi connectivity index (χ2v) is 12.0. The first kappa shape index (κ1) is 26.5. The molecule has 4 nitrogen and oxygen atoms in total. The lowest BCUT2D eigenvalue weighted by atomic mass is 9.93. The van der Waals surface area contributed by atoms with Gasteiger partial charge in [-0.05, 0) is 80.6 Å². The molecule has 5 aromatic carbocycles. The van der Waals surface area contributed by atoms with Gasteiger partial charge in [0.15, 0.2) is 0 Å². The maximum Gasteiger partial charge on any atom is 0.101 e. The van der Waals surface area contributed by atoms with Crippen LogP contribution in [0, 0.1) is 22.7 Å². The molecule has 3 aromatic heterocycles. The first-order valence-electron chi connectivity index (χ1n) is 14.5. The largest absolute Gasteiger partial charge is 0.263 e. The maximum absolute atomic E-state index is 9.38. The fraction of sp³-hybridized carbons (Fsp3) is 0. The fourth-order valence-corrected chi connectivity index (χ4v) is 7.32. The molecule has 0 atom stereocenters. The lowest BCUT2D eigenvalue weighted by Crippen LogP contribution is -1.86. The number of hydrogen-bond acceptors (Lipinski definition) is 5. The Bertz CT molecular complexity index is 2530. The van der Waals surface area contributed by atoms with Gasteiger partial charge in [0.2, 0.25) is 0 Å². The number of fused-ring (bicyclic) bond motifs is 5. The minimum absolute atomic E-state index is 0.548. The predicted molar refractivity (Wildman–Crippen MR) is 184 cm³/mol. The highest BCUT2D eigenvalue weighted by atomic mass is 32.1. The van der Waals surface area contributed by atoms with Gasteiger partial charge >= 0.3 is 0 Å². The van der Waals surface area contributed by atoms with Crippen LogP contribution in [-0.4, -0.2) is 9.97 Å². The smallest absolute Gasteiger partial charge is 0.101 e. The molecule has 45 heavy (non-hydrogen) atoms. The standard InChI is InChI=1S/C40H22N4S/c41-19-25-13-32(23-43-21-25)28-6-3-5-27(15-28)30-11-12-36-38(17-30)45-39-18-37(34-9-1-2-10-35(34)40(36)39)31-8-4-7-29(16-31)33-14-26(20-42)22-44-24-33/h1-18,21-24H. The van der Waals surface area contributed by atoms with Crippen molar-refractivity contribution in [2.75, 3.05) is 0 Å². The highest BCUT2D eigenvalue weighted by Gasteiger charge is 2.15. The van der Waals surface area contributed by atoms with Gasteiger partial charge in [-0.1, -0.05) is 72.8 Å². The van der Waals surface area contributed by atoms with Crippen LogP contribution >= 0.6 is 11.3 Å². The molecular weight excluding hydrogens is 569 g/mol. The van der Waals surface area contributed by atoms with Crippen LogP contribution in [0.1, 0.15) is 11.1 Å². The summed E-state index contributed by atoms with van der Waals surface area (Å²) in [4.78, 5) is 8.52. The number of hydrogen-bond donors (Lipinski definition) is 0. The highest BCUT2D eigenvalue weighted by molar-refractivity contribution is 7.26. The Labute approximate surface area is 263 Å². The molecule has 3 heterocycles. The van der Waals surface area contributed by atoms with E-state index in [1.54, 1.807) is 24.8 Å². The summed E-state index contributed by atoms with van der Waals surface area (Å²) in [6, 6.07) is 42.7. The van der Waals surface area contributed by atoms with Crippen molar-refractivity contribution in [3.05, 3.63) is 145 Å². The summed E-state index contributed by atoms with van der Waals surface area (Å²) in [6.07, 6.45) is 6.78. The first-order valence-corrected chi connectivity index (χ1v) is 15.3. The van der Waals surface area contributed by atoms with Gasteiger partial charge in [-0.2, -0.15) is 10.5 Å². The van der Waals surface area contributed by atoms with Gasteiger partial charge in [0.1, 0.15) is 12.1 Å². The number of rotatable bonds is 4. The number of benzene rings is 5. The minimum atomic E-state index is 0.548. The van der Waals surface area contributed by atoms with E-state index in [1.165, 1.54) is 36.5 Å². The van der Waals surface area contributed by atoms with E-state index < -0.39 is 0 Å². The first-order chi connectivity index (χ1) is 22.2. The van der Waals surface area contributed by atoms with Crippen molar-refractivity contribution in [3.63, 3.8) is 0 Å². The molecule has 0 unspecified atom stereocenters. The second kappa shape index (κ2) is 10.8. The van der Waals surface area contributed by atoms with Crippen molar-refractivity contribution in [3.8, 4) is 56.6 Å². The summed E-state index contributed by atoms with van der Waals surface area (Å²) < 4.78 is 2.47. The van der Waals surface area contributed by atoms with E-state index >= 15 is 0 Å². The van der Waals surface area contributed by atoms with Crippen LogP contribution in [0.4, 0.5) is 0 Å². The molecule has 0 aliphatic carbocycles. The van der Waals surface area contributed by atoms with Crippen molar-refractivity contribution in [2.24, 2.45) is 0 Å². The highest BCUT2D eigenvalue weighted by Crippen LogP contribution is 2.44. The lowest BCUT2D eigenvalue weighted by molar-refractivity contribution is 1.30. The molecule has 8 aromatic rings. The zero-order valence-electron chi connectivity index (χ0n) is 23.9. The van der Waals surface area contributed by atoms with Crippen LogP contribution in [-0.2, 0) is 0 Å². The quantitative estimate of drug-likeness (QED) is 0.204. The molecule has 0 spiro atoms. The van der Waals surface area contributed by atoms with Crippen LogP contribution in [0.2, 0.25) is 0 Å². The van der Waals surface area contributed by atoms with Crippen molar-refractivity contribution in [2.45, 2.75) is 0 Å². The Balaban J connectivity index is 1.26. The van der Waals surface area contributed by atoms with E-state index in [9.17, 15) is 10.5 Å². The molecule has 8 rings (SSSR count). The van der Waals surface area contributed by atoms with Crippen LogP contribution in [0.15, 0.2) is 134 Å². The van der Waals surface area contributed by atoms with Gasteiger partial charge in [0, 0.05) is 56.1 Å². The molecule has 5 heteroatoms. The summed E-state index contributed by atoms with van der Waals surface area (Å²) in [5.41, 5.74) is 9.57. The molecule has 0 bridgehead atoms. The molecule has 0 radical (unpaired) electrons. The number of thiophene rings is 1. The van der Waals surface area contributed by atoms with Gasteiger partial charge in [-0.15, -0.1) is 11.3 Å². The van der Waals surface area contributed by atoms with Gasteiger partial charge in [-0.25, -0.2) is 0 Å². The van der Waals surface area contributed by atoms with Crippen LogP contribution < -0.4 is 0 Å². The summed E-state index contributed by atoms with van der Waals surface area (Å²) in [5, 5.41) is 23.7. The number of pyridine rings is 2. The van der Waals surface area contributed by atoms with Crippen molar-refractivity contribution in [1.29, 1.82) is 10.5 Å². The lowest BCUT2D eigenvalue weighted by Gasteiger charge is -2.11. The average Bonchev–Trinajstić information content (AvgIpc) is 3.49. The zero-order chi connectivity index (χ0) is 30.3. The monoisotopic (exact) mass is 590 g/mol. The third-order valence-electron chi connectivity index (χ3n) is 8.25. The Morgan fingerprint density at radius 2 is 1.02 bits per heavy atom. The third-order valence-corrected chi connectivity index (χ3v) is 9.35. The normalized spacial score (nSPS) is 11.1. The Hall–Kier alpha value is -6.14. The average molecular weight is 591 g/mol. The molecular formula is C40H22N4S. The number of aromatic nitrogens is 2. The molecule has 208 valence electrons. The third kappa shape index (κ3) is 4.69. The van der Waals surface area contributed by atoms with E-state index in [0.717, 1.165) is 38.9 Å². The van der Waals surface area contributed by atoms with Crippen molar-refractivity contribution in [1.82, 2.24) is 9.97 Å². The van der Waals surface area contributed by atoms with Crippen LogP contribution in [0.25, 0.3) is 75.5 Å². The maximum atomic E-state index is 9.38. The summed E-state index contributed by atoms with van der Waals surface area (Å²) in [6.45, 7) is 0. The van der Waals surface area contributed by atoms with Gasteiger partial charge in [0.25, 0.3) is 0 Å². The minimum Gasteiger partial charge on any atom is -0.263 e. The van der Waals surface area contributed by atoms with Crippen LogP contribution in [0.3, 0.4) is 0 Å². The van der Waals surface area contributed by atoms with Crippen molar-refractivity contribution >= 4 is 42.3 Å². The van der Waals surface area contributed by atoms with Gasteiger partial charge in [0.05, 0.1) is 11.1 Å². The molecule has 0 fully saturated rings. The van der Waals surface area contributed by atoms with E-state index in [0.29, 0.717) is 11.1 Å². The molecule has 0 amide bonds. The fourth-order valence-electron chi connectivity index (χ4n) is 6.12. The molecule has 0 N–H and O–H groups in total.